The molecule has 2 nitrogen and oxygen atoms in total. The largest absolute Gasteiger partial charge is 0.378 e. The van der Waals surface area contributed by atoms with Gasteiger partial charge in [-0.1, -0.05) is 29.8 Å². The Hall–Kier alpha value is 0.400. The summed E-state index contributed by atoms with van der Waals surface area (Å²) in [6.07, 6.45) is 3.48. The Kier molecular flexibility index (Phi) is 3.74. The van der Waals surface area contributed by atoms with Gasteiger partial charge in [0.1, 0.15) is 0 Å². The summed E-state index contributed by atoms with van der Waals surface area (Å²) in [6, 6.07) is 0. The van der Waals surface area contributed by atoms with Crippen LogP contribution >= 0.6 is 15.9 Å². The number of ether oxygens (including phenoxy) is 2. The maximum absolute atomic E-state index is 5.95. The zero-order chi connectivity index (χ0) is 10.9. The third kappa shape index (κ3) is 2.56. The number of hydrogen-bond donors (Lipinski definition) is 0. The molecule has 2 saturated heterocycles. The maximum Gasteiger partial charge on any atom is 0.0939 e. The van der Waals surface area contributed by atoms with Crippen molar-refractivity contribution in [3.63, 3.8) is 0 Å². The van der Waals surface area contributed by atoms with Gasteiger partial charge in [-0.05, 0) is 24.7 Å². The first-order chi connectivity index (χ1) is 7.13. The van der Waals surface area contributed by atoms with E-state index in [9.17, 15) is 0 Å². The quantitative estimate of drug-likeness (QED) is 0.722. The first kappa shape index (κ1) is 11.9. The summed E-state index contributed by atoms with van der Waals surface area (Å²) in [5.74, 6) is 1.51. The zero-order valence-corrected chi connectivity index (χ0v) is 11.3. The van der Waals surface area contributed by atoms with Crippen LogP contribution in [0.15, 0.2) is 0 Å². The van der Waals surface area contributed by atoms with Crippen LogP contribution in [0.4, 0.5) is 0 Å². The fourth-order valence-corrected chi connectivity index (χ4v) is 3.18. The lowest BCUT2D eigenvalue weighted by molar-refractivity contribution is -0.105. The van der Waals surface area contributed by atoms with Crippen LogP contribution < -0.4 is 0 Å². The van der Waals surface area contributed by atoms with E-state index >= 15 is 0 Å². The second-order valence-corrected chi connectivity index (χ2v) is 6.57. The molecular formula is C12H21BrO2. The molecule has 2 fully saturated rings. The predicted octanol–water partition coefficient (Wildman–Crippen LogP) is 2.99. The Morgan fingerprint density at radius 2 is 2.13 bits per heavy atom. The molecule has 0 radical (unpaired) electrons. The molecule has 0 amide bonds. The predicted molar refractivity (Wildman–Crippen MR) is 64.4 cm³/mol. The molecule has 0 aromatic carbocycles. The minimum atomic E-state index is 0.0685. The Bertz CT molecular complexity index is 212. The molecule has 4 atom stereocenters. The minimum Gasteiger partial charge on any atom is -0.378 e. The Morgan fingerprint density at radius 3 is 2.73 bits per heavy atom. The van der Waals surface area contributed by atoms with E-state index in [-0.39, 0.29) is 5.60 Å². The third-order valence-corrected chi connectivity index (χ3v) is 4.90. The minimum absolute atomic E-state index is 0.0685. The van der Waals surface area contributed by atoms with Crippen LogP contribution in [0.1, 0.15) is 33.1 Å². The van der Waals surface area contributed by atoms with Gasteiger partial charge in [-0.3, -0.25) is 0 Å². The fraction of sp³-hybridized carbons (Fsp3) is 1.00. The van der Waals surface area contributed by atoms with Gasteiger partial charge in [0.25, 0.3) is 0 Å². The number of hydrogen-bond acceptors (Lipinski definition) is 2. The zero-order valence-electron chi connectivity index (χ0n) is 9.67. The molecule has 0 saturated carbocycles. The van der Waals surface area contributed by atoms with Gasteiger partial charge in [-0.2, -0.15) is 0 Å². The Balaban J connectivity index is 1.97. The number of rotatable bonds is 2. The van der Waals surface area contributed by atoms with Gasteiger partial charge < -0.3 is 9.47 Å². The van der Waals surface area contributed by atoms with E-state index in [0.717, 1.165) is 38.1 Å². The number of alkyl halides is 1. The molecule has 1 spiro atoms. The summed E-state index contributed by atoms with van der Waals surface area (Å²) in [4.78, 5) is 0.597. The smallest absolute Gasteiger partial charge is 0.0939 e. The summed E-state index contributed by atoms with van der Waals surface area (Å²) in [6.45, 7) is 7.20. The molecule has 0 aliphatic carbocycles. The van der Waals surface area contributed by atoms with Gasteiger partial charge in [-0.25, -0.2) is 0 Å². The molecule has 0 aromatic rings. The molecule has 0 aromatic heterocycles. The molecule has 15 heavy (non-hydrogen) atoms. The van der Waals surface area contributed by atoms with Crippen LogP contribution in [0.5, 0.6) is 0 Å². The van der Waals surface area contributed by atoms with Gasteiger partial charge in [0.15, 0.2) is 0 Å². The average Bonchev–Trinajstić information content (AvgIpc) is 2.65. The highest BCUT2D eigenvalue weighted by atomic mass is 79.9. The summed E-state index contributed by atoms with van der Waals surface area (Å²) < 4.78 is 11.4. The molecule has 2 aliphatic heterocycles. The molecule has 3 heteroatoms. The van der Waals surface area contributed by atoms with E-state index < -0.39 is 0 Å². The standard InChI is InChI=1S/C12H21BrO2/c1-9(10(2)13)11-3-5-15-12(7-11)4-6-14-8-12/h9-11H,3-8H2,1-2H3. The van der Waals surface area contributed by atoms with Crippen LogP contribution in [-0.2, 0) is 9.47 Å². The molecule has 0 N–H and O–H groups in total. The van der Waals surface area contributed by atoms with Crippen LogP contribution in [-0.4, -0.2) is 30.2 Å². The van der Waals surface area contributed by atoms with E-state index in [1.807, 2.05) is 0 Å². The molecule has 4 unspecified atom stereocenters. The second-order valence-electron chi connectivity index (χ2n) is 5.12. The van der Waals surface area contributed by atoms with Crippen molar-refractivity contribution >= 4 is 15.9 Å². The van der Waals surface area contributed by atoms with E-state index in [4.69, 9.17) is 9.47 Å². The molecule has 88 valence electrons. The highest BCUT2D eigenvalue weighted by Crippen LogP contribution is 2.40. The maximum atomic E-state index is 5.95. The Morgan fingerprint density at radius 1 is 1.33 bits per heavy atom. The lowest BCUT2D eigenvalue weighted by Crippen LogP contribution is -2.42. The molecule has 0 bridgehead atoms. The van der Waals surface area contributed by atoms with Gasteiger partial charge in [0.2, 0.25) is 0 Å². The summed E-state index contributed by atoms with van der Waals surface area (Å²) in [5, 5.41) is 0. The van der Waals surface area contributed by atoms with Gasteiger partial charge in [0.05, 0.1) is 12.2 Å². The highest BCUT2D eigenvalue weighted by Gasteiger charge is 2.42. The van der Waals surface area contributed by atoms with Crippen molar-refractivity contribution in [2.45, 2.75) is 43.5 Å². The van der Waals surface area contributed by atoms with Crippen molar-refractivity contribution < 1.29 is 9.47 Å². The van der Waals surface area contributed by atoms with Gasteiger partial charge in [-0.15, -0.1) is 0 Å². The van der Waals surface area contributed by atoms with E-state index in [1.54, 1.807) is 0 Å². The SMILES string of the molecule is CC(Br)C(C)C1CCOC2(CCOC2)C1. The summed E-state index contributed by atoms with van der Waals surface area (Å²) >= 11 is 3.70. The first-order valence-electron chi connectivity index (χ1n) is 5.99. The van der Waals surface area contributed by atoms with Gasteiger partial charge >= 0.3 is 0 Å². The van der Waals surface area contributed by atoms with Crippen LogP contribution in [0.25, 0.3) is 0 Å². The topological polar surface area (TPSA) is 18.5 Å². The molecular weight excluding hydrogens is 256 g/mol. The van der Waals surface area contributed by atoms with E-state index in [2.05, 4.69) is 29.8 Å². The average molecular weight is 277 g/mol. The molecule has 2 rings (SSSR count). The highest BCUT2D eigenvalue weighted by molar-refractivity contribution is 9.09. The van der Waals surface area contributed by atoms with Crippen molar-refractivity contribution in [1.82, 2.24) is 0 Å². The van der Waals surface area contributed by atoms with Crippen molar-refractivity contribution in [1.29, 1.82) is 0 Å². The van der Waals surface area contributed by atoms with Crippen molar-refractivity contribution in [3.8, 4) is 0 Å². The summed E-state index contributed by atoms with van der Waals surface area (Å²) in [7, 11) is 0. The second kappa shape index (κ2) is 4.72. The molecule has 2 aliphatic rings. The normalized spacial score (nSPS) is 40.6. The van der Waals surface area contributed by atoms with E-state index in [1.165, 1.54) is 12.8 Å². The third-order valence-electron chi connectivity index (χ3n) is 4.07. The van der Waals surface area contributed by atoms with E-state index in [0.29, 0.717) is 4.83 Å². The lowest BCUT2D eigenvalue weighted by Gasteiger charge is -2.40. The van der Waals surface area contributed by atoms with Crippen molar-refractivity contribution in [3.05, 3.63) is 0 Å². The van der Waals surface area contributed by atoms with Crippen molar-refractivity contribution in [2.75, 3.05) is 19.8 Å². The number of halogens is 1. The van der Waals surface area contributed by atoms with Crippen molar-refractivity contribution in [2.24, 2.45) is 11.8 Å². The fourth-order valence-electron chi connectivity index (χ4n) is 2.75. The molecule has 2 heterocycles. The summed E-state index contributed by atoms with van der Waals surface area (Å²) in [5.41, 5.74) is 0.0685. The Labute approximate surface area is 101 Å². The van der Waals surface area contributed by atoms with Crippen LogP contribution in [0, 0.1) is 11.8 Å². The lowest BCUT2D eigenvalue weighted by atomic mass is 9.78. The van der Waals surface area contributed by atoms with Crippen LogP contribution in [0.2, 0.25) is 0 Å². The van der Waals surface area contributed by atoms with Crippen LogP contribution in [0.3, 0.4) is 0 Å². The first-order valence-corrected chi connectivity index (χ1v) is 6.90. The monoisotopic (exact) mass is 276 g/mol. The van der Waals surface area contributed by atoms with Gasteiger partial charge in [0, 0.05) is 24.5 Å².